The van der Waals surface area contributed by atoms with Gasteiger partial charge < -0.3 is 20.2 Å². The molecule has 0 aliphatic heterocycles. The molecule has 0 aliphatic carbocycles. The molecule has 0 heterocycles. The number of likely N-dealkylation sites (N-methyl/N-ethyl adjacent to an activating group) is 2. The van der Waals surface area contributed by atoms with Gasteiger partial charge in [-0.15, -0.1) is 0 Å². The second-order valence-corrected chi connectivity index (χ2v) is 5.11. The Labute approximate surface area is 113 Å². The summed E-state index contributed by atoms with van der Waals surface area (Å²) in [6.45, 7) is 3.66. The molecule has 0 aliphatic rings. The minimum Gasteiger partial charge on any atom is -0.480 e. The van der Waals surface area contributed by atoms with Crippen LogP contribution < -0.4 is 5.32 Å². The first-order chi connectivity index (χ1) is 8.65. The van der Waals surface area contributed by atoms with Gasteiger partial charge in [0.1, 0.15) is 12.6 Å². The molecule has 2 N–H and O–H groups in total. The second kappa shape index (κ2) is 7.60. The first-order valence-corrected chi connectivity index (χ1v) is 6.09. The fourth-order valence-corrected chi connectivity index (χ4v) is 1.37. The van der Waals surface area contributed by atoms with E-state index in [0.717, 1.165) is 0 Å². The summed E-state index contributed by atoms with van der Waals surface area (Å²) in [6, 6.07) is -1.51. The Balaban J connectivity index is 4.47. The summed E-state index contributed by atoms with van der Waals surface area (Å²) in [5.74, 6) is -1.15. The van der Waals surface area contributed by atoms with E-state index >= 15 is 0 Å². The monoisotopic (exact) mass is 273 g/mol. The Morgan fingerprint density at radius 1 is 1.16 bits per heavy atom. The van der Waals surface area contributed by atoms with Crippen LogP contribution in [0.3, 0.4) is 0 Å². The van der Waals surface area contributed by atoms with Crippen molar-refractivity contribution in [3.8, 4) is 0 Å². The van der Waals surface area contributed by atoms with Gasteiger partial charge in [-0.25, -0.2) is 9.59 Å². The lowest BCUT2D eigenvalue weighted by Crippen LogP contribution is -2.49. The van der Waals surface area contributed by atoms with Crippen LogP contribution in [0.5, 0.6) is 0 Å². The molecule has 1 atom stereocenters. The van der Waals surface area contributed by atoms with Gasteiger partial charge in [0.15, 0.2) is 0 Å². The molecule has 19 heavy (non-hydrogen) atoms. The molecule has 110 valence electrons. The maximum atomic E-state index is 11.8. The average molecular weight is 273 g/mol. The third-order valence-electron chi connectivity index (χ3n) is 2.52. The van der Waals surface area contributed by atoms with Crippen molar-refractivity contribution in [2.45, 2.75) is 26.3 Å². The van der Waals surface area contributed by atoms with Gasteiger partial charge in [0, 0.05) is 21.1 Å². The molecule has 0 saturated carbocycles. The predicted molar refractivity (Wildman–Crippen MR) is 70.7 cm³/mol. The number of nitrogens with one attached hydrogen (secondary N) is 1. The summed E-state index contributed by atoms with van der Waals surface area (Å²) in [6.07, 6.45) is 0.344. The van der Waals surface area contributed by atoms with Gasteiger partial charge in [0.05, 0.1) is 0 Å². The summed E-state index contributed by atoms with van der Waals surface area (Å²) in [5.41, 5.74) is 0. The van der Waals surface area contributed by atoms with Gasteiger partial charge in [-0.3, -0.25) is 4.79 Å². The highest BCUT2D eigenvalue weighted by Gasteiger charge is 2.23. The topological polar surface area (TPSA) is 90.0 Å². The van der Waals surface area contributed by atoms with Gasteiger partial charge in [-0.05, 0) is 12.3 Å². The van der Waals surface area contributed by atoms with Gasteiger partial charge >= 0.3 is 12.0 Å². The van der Waals surface area contributed by atoms with Crippen molar-refractivity contribution in [2.75, 3.05) is 27.7 Å². The predicted octanol–water partition coefficient (Wildman–Crippen LogP) is 0.215. The molecule has 0 bridgehead atoms. The third kappa shape index (κ3) is 6.64. The van der Waals surface area contributed by atoms with Crippen molar-refractivity contribution in [1.82, 2.24) is 15.1 Å². The standard InChI is InChI=1S/C12H23N3O4/c1-8(2)6-9(11(17)18)13-12(19)15(5)7-10(16)14(3)4/h8-9H,6-7H2,1-5H3,(H,13,19)(H,17,18)/t9-/m0/s1. The molecular formula is C12H23N3O4. The number of amides is 3. The van der Waals surface area contributed by atoms with Gasteiger partial charge in [0.25, 0.3) is 0 Å². The lowest BCUT2D eigenvalue weighted by molar-refractivity contribution is -0.139. The lowest BCUT2D eigenvalue weighted by Gasteiger charge is -2.23. The van der Waals surface area contributed by atoms with Gasteiger partial charge in [0.2, 0.25) is 5.91 Å². The highest BCUT2D eigenvalue weighted by molar-refractivity contribution is 5.86. The Morgan fingerprint density at radius 2 is 1.68 bits per heavy atom. The van der Waals surface area contributed by atoms with E-state index in [9.17, 15) is 14.4 Å². The molecule has 0 radical (unpaired) electrons. The first kappa shape index (κ1) is 17.2. The smallest absolute Gasteiger partial charge is 0.326 e. The van der Waals surface area contributed by atoms with Crippen LogP contribution in [0.1, 0.15) is 20.3 Å². The van der Waals surface area contributed by atoms with Crippen LogP contribution in [0, 0.1) is 5.92 Å². The Bertz CT molecular complexity index is 342. The molecule has 3 amide bonds. The molecule has 7 heteroatoms. The number of rotatable bonds is 6. The van der Waals surface area contributed by atoms with E-state index in [1.165, 1.54) is 16.8 Å². The summed E-state index contributed by atoms with van der Waals surface area (Å²) in [4.78, 5) is 36.8. The molecule has 0 rings (SSSR count). The summed E-state index contributed by atoms with van der Waals surface area (Å²) in [7, 11) is 4.63. The fourth-order valence-electron chi connectivity index (χ4n) is 1.37. The van der Waals surface area contributed by atoms with Crippen LogP contribution >= 0.6 is 0 Å². The Morgan fingerprint density at radius 3 is 2.05 bits per heavy atom. The zero-order valence-electron chi connectivity index (χ0n) is 12.1. The number of carbonyl (C=O) groups is 3. The van der Waals surface area contributed by atoms with Crippen molar-refractivity contribution >= 4 is 17.9 Å². The van der Waals surface area contributed by atoms with Crippen LogP contribution in [-0.4, -0.2) is 66.5 Å². The van der Waals surface area contributed by atoms with E-state index in [1.807, 2.05) is 13.8 Å². The van der Waals surface area contributed by atoms with Crippen LogP contribution in [0.25, 0.3) is 0 Å². The molecule has 0 aromatic rings. The van der Waals surface area contributed by atoms with Crippen molar-refractivity contribution in [1.29, 1.82) is 0 Å². The lowest BCUT2D eigenvalue weighted by atomic mass is 10.0. The number of carbonyl (C=O) groups excluding carboxylic acids is 2. The van der Waals surface area contributed by atoms with E-state index in [2.05, 4.69) is 5.32 Å². The molecular weight excluding hydrogens is 250 g/mol. The fraction of sp³-hybridized carbons (Fsp3) is 0.750. The number of carboxylic acids is 1. The van der Waals surface area contributed by atoms with Crippen molar-refractivity contribution in [2.24, 2.45) is 5.92 Å². The molecule has 0 aromatic heterocycles. The zero-order chi connectivity index (χ0) is 15.2. The Hall–Kier alpha value is -1.79. The number of nitrogens with zero attached hydrogens (tertiary/aromatic N) is 2. The molecule has 0 saturated heterocycles. The van der Waals surface area contributed by atoms with Crippen LogP contribution in [0.15, 0.2) is 0 Å². The van der Waals surface area contributed by atoms with Crippen molar-refractivity contribution in [3.63, 3.8) is 0 Å². The van der Waals surface area contributed by atoms with E-state index in [1.54, 1.807) is 14.1 Å². The zero-order valence-corrected chi connectivity index (χ0v) is 12.1. The maximum Gasteiger partial charge on any atom is 0.326 e. The normalized spacial score (nSPS) is 11.9. The number of urea groups is 1. The van der Waals surface area contributed by atoms with Crippen molar-refractivity contribution in [3.05, 3.63) is 0 Å². The second-order valence-electron chi connectivity index (χ2n) is 5.11. The average Bonchev–Trinajstić information content (AvgIpc) is 2.26. The number of carboxylic acid groups (broad SMARTS) is 1. The molecule has 0 spiro atoms. The SMILES string of the molecule is CC(C)C[C@H](NC(=O)N(C)CC(=O)N(C)C)C(=O)O. The van der Waals surface area contributed by atoms with Crippen LogP contribution in [-0.2, 0) is 9.59 Å². The minimum atomic E-state index is -1.07. The van der Waals surface area contributed by atoms with E-state index in [-0.39, 0.29) is 18.4 Å². The third-order valence-corrected chi connectivity index (χ3v) is 2.52. The minimum absolute atomic E-state index is 0.0904. The van der Waals surface area contributed by atoms with E-state index in [0.29, 0.717) is 6.42 Å². The van der Waals surface area contributed by atoms with Crippen LogP contribution in [0.2, 0.25) is 0 Å². The first-order valence-electron chi connectivity index (χ1n) is 6.09. The Kier molecular flexibility index (Phi) is 6.89. The maximum absolute atomic E-state index is 11.8. The summed E-state index contributed by atoms with van der Waals surface area (Å²) >= 11 is 0. The van der Waals surface area contributed by atoms with E-state index in [4.69, 9.17) is 5.11 Å². The summed E-state index contributed by atoms with van der Waals surface area (Å²) < 4.78 is 0. The number of hydrogen-bond donors (Lipinski definition) is 2. The van der Waals surface area contributed by atoms with Gasteiger partial charge in [-0.1, -0.05) is 13.8 Å². The van der Waals surface area contributed by atoms with E-state index < -0.39 is 18.0 Å². The summed E-state index contributed by atoms with van der Waals surface area (Å²) in [5, 5.41) is 11.4. The molecule has 7 nitrogen and oxygen atoms in total. The highest BCUT2D eigenvalue weighted by Crippen LogP contribution is 2.05. The number of aliphatic carboxylic acids is 1. The quantitative estimate of drug-likeness (QED) is 0.724. The van der Waals surface area contributed by atoms with Gasteiger partial charge in [-0.2, -0.15) is 0 Å². The van der Waals surface area contributed by atoms with Crippen LogP contribution in [0.4, 0.5) is 4.79 Å². The largest absolute Gasteiger partial charge is 0.480 e. The molecule has 0 fully saturated rings. The van der Waals surface area contributed by atoms with Crippen molar-refractivity contribution < 1.29 is 19.5 Å². The molecule has 0 aromatic carbocycles. The number of hydrogen-bond acceptors (Lipinski definition) is 3. The molecule has 0 unspecified atom stereocenters. The highest BCUT2D eigenvalue weighted by atomic mass is 16.4.